The molecular formula is C20H25N3OS. The topological polar surface area (TPSA) is 36.4 Å². The third kappa shape index (κ3) is 3.62. The number of likely N-dealkylation sites (tertiary alicyclic amines) is 1. The Balaban J connectivity index is 1.53. The lowest BCUT2D eigenvalue weighted by atomic mass is 9.98. The summed E-state index contributed by atoms with van der Waals surface area (Å²) in [6, 6.07) is 6.43. The molecule has 0 bridgehead atoms. The van der Waals surface area contributed by atoms with Crippen molar-refractivity contribution < 1.29 is 4.79 Å². The molecule has 0 N–H and O–H groups in total. The molecule has 2 aliphatic rings. The van der Waals surface area contributed by atoms with E-state index in [0.29, 0.717) is 0 Å². The van der Waals surface area contributed by atoms with E-state index in [-0.39, 0.29) is 5.91 Å². The molecule has 0 atom stereocenters. The molecule has 0 saturated carbocycles. The van der Waals surface area contributed by atoms with Crippen LogP contribution in [0.5, 0.6) is 0 Å². The van der Waals surface area contributed by atoms with Gasteiger partial charge in [0.05, 0.1) is 12.2 Å². The molecule has 5 heteroatoms. The highest BCUT2D eigenvalue weighted by atomic mass is 32.1. The Bertz CT molecular complexity index is 764. The molecule has 25 heavy (non-hydrogen) atoms. The van der Waals surface area contributed by atoms with Gasteiger partial charge >= 0.3 is 0 Å². The van der Waals surface area contributed by atoms with Gasteiger partial charge in [0.1, 0.15) is 5.01 Å². The summed E-state index contributed by atoms with van der Waals surface area (Å²) in [6.07, 6.45) is 6.07. The first kappa shape index (κ1) is 16.7. The van der Waals surface area contributed by atoms with Crippen LogP contribution in [0.25, 0.3) is 11.3 Å². The summed E-state index contributed by atoms with van der Waals surface area (Å²) in [6.45, 7) is 5.87. The largest absolute Gasteiger partial charge is 0.312 e. The summed E-state index contributed by atoms with van der Waals surface area (Å²) in [4.78, 5) is 21.1. The quantitative estimate of drug-likeness (QED) is 0.832. The molecule has 0 spiro atoms. The van der Waals surface area contributed by atoms with Gasteiger partial charge in [-0.05, 0) is 56.5 Å². The van der Waals surface area contributed by atoms with Crippen LogP contribution in [0.3, 0.4) is 0 Å². The number of benzene rings is 1. The van der Waals surface area contributed by atoms with Crippen LogP contribution in [0, 0.1) is 0 Å². The number of amides is 1. The van der Waals surface area contributed by atoms with Crippen LogP contribution in [-0.2, 0) is 17.8 Å². The second-order valence-corrected chi connectivity index (χ2v) is 8.02. The van der Waals surface area contributed by atoms with Gasteiger partial charge in [-0.3, -0.25) is 9.69 Å². The van der Waals surface area contributed by atoms with Crippen molar-refractivity contribution in [2.45, 2.75) is 45.6 Å². The fraction of sp³-hybridized carbons (Fsp3) is 0.500. The molecular weight excluding hydrogens is 330 g/mol. The Morgan fingerprint density at radius 1 is 1.16 bits per heavy atom. The zero-order chi connectivity index (χ0) is 17.2. The monoisotopic (exact) mass is 355 g/mol. The molecule has 2 aliphatic heterocycles. The summed E-state index contributed by atoms with van der Waals surface area (Å²) in [5.74, 6) is 0.131. The maximum absolute atomic E-state index is 11.8. The molecule has 1 aromatic heterocycles. The molecule has 4 rings (SSSR count). The lowest BCUT2D eigenvalue weighted by molar-refractivity contribution is -0.116. The number of hydrogen-bond acceptors (Lipinski definition) is 4. The minimum absolute atomic E-state index is 0.131. The summed E-state index contributed by atoms with van der Waals surface area (Å²) >= 11 is 1.76. The van der Waals surface area contributed by atoms with E-state index in [9.17, 15) is 4.79 Å². The van der Waals surface area contributed by atoms with Crippen LogP contribution in [-0.4, -0.2) is 35.4 Å². The van der Waals surface area contributed by atoms with E-state index in [0.717, 1.165) is 37.3 Å². The molecule has 1 amide bonds. The lowest BCUT2D eigenvalue weighted by Crippen LogP contribution is -2.33. The highest BCUT2D eigenvalue weighted by Gasteiger charge is 2.20. The Hall–Kier alpha value is -1.72. The number of fused-ring (bicyclic) bond motifs is 1. The fourth-order valence-electron chi connectivity index (χ4n) is 3.91. The van der Waals surface area contributed by atoms with E-state index in [4.69, 9.17) is 4.98 Å². The standard InChI is InChI=1S/C20H25N3OS/c1-15(24)23-11-5-6-17-12-16(7-8-19(17)23)18-14-25-20(21-18)13-22-9-3-2-4-10-22/h7-8,12,14H,2-6,9-11,13H2,1H3. The molecule has 0 unspecified atom stereocenters. The van der Waals surface area contributed by atoms with Gasteiger partial charge in [0.2, 0.25) is 5.91 Å². The predicted molar refractivity (Wildman–Crippen MR) is 103 cm³/mol. The first-order valence-corrected chi connectivity index (χ1v) is 10.2. The van der Waals surface area contributed by atoms with Crippen molar-refractivity contribution >= 4 is 22.9 Å². The number of piperidine rings is 1. The lowest BCUT2D eigenvalue weighted by Gasteiger charge is -2.28. The van der Waals surface area contributed by atoms with E-state index in [2.05, 4.69) is 28.5 Å². The smallest absolute Gasteiger partial charge is 0.223 e. The van der Waals surface area contributed by atoms with Crippen molar-refractivity contribution in [2.24, 2.45) is 0 Å². The maximum Gasteiger partial charge on any atom is 0.223 e. The number of thiazole rings is 1. The van der Waals surface area contributed by atoms with Crippen LogP contribution >= 0.6 is 11.3 Å². The van der Waals surface area contributed by atoms with Gasteiger partial charge in [-0.1, -0.05) is 12.5 Å². The highest BCUT2D eigenvalue weighted by Crippen LogP contribution is 2.32. The highest BCUT2D eigenvalue weighted by molar-refractivity contribution is 7.09. The number of hydrogen-bond donors (Lipinski definition) is 0. The van der Waals surface area contributed by atoms with Crippen molar-refractivity contribution in [3.63, 3.8) is 0 Å². The number of carbonyl (C=O) groups excluding carboxylic acids is 1. The number of aromatic nitrogens is 1. The summed E-state index contributed by atoms with van der Waals surface area (Å²) in [5, 5.41) is 3.38. The third-order valence-corrected chi connectivity index (χ3v) is 6.07. The first-order valence-electron chi connectivity index (χ1n) is 9.29. The average molecular weight is 356 g/mol. The van der Waals surface area contributed by atoms with E-state index in [1.807, 2.05) is 4.90 Å². The predicted octanol–water partition coefficient (Wildman–Crippen LogP) is 4.10. The Labute approximate surface area is 153 Å². The van der Waals surface area contributed by atoms with E-state index in [1.165, 1.54) is 48.5 Å². The normalized spacial score (nSPS) is 18.2. The average Bonchev–Trinajstić information content (AvgIpc) is 3.10. The van der Waals surface area contributed by atoms with Gasteiger partial charge < -0.3 is 4.90 Å². The van der Waals surface area contributed by atoms with Gasteiger partial charge in [-0.15, -0.1) is 11.3 Å². The maximum atomic E-state index is 11.8. The van der Waals surface area contributed by atoms with Crippen molar-refractivity contribution in [2.75, 3.05) is 24.5 Å². The molecule has 2 aromatic rings. The Morgan fingerprint density at radius 3 is 2.80 bits per heavy atom. The Kier molecular flexibility index (Phi) is 4.86. The van der Waals surface area contributed by atoms with Crippen molar-refractivity contribution in [3.8, 4) is 11.3 Å². The van der Waals surface area contributed by atoms with Crippen LogP contribution < -0.4 is 4.90 Å². The summed E-state index contributed by atoms with van der Waals surface area (Å²) in [5.41, 5.74) is 4.58. The van der Waals surface area contributed by atoms with E-state index >= 15 is 0 Å². The van der Waals surface area contributed by atoms with Gasteiger partial charge in [0.15, 0.2) is 0 Å². The van der Waals surface area contributed by atoms with Crippen LogP contribution in [0.1, 0.15) is 43.2 Å². The molecule has 1 aromatic carbocycles. The van der Waals surface area contributed by atoms with Crippen LogP contribution in [0.15, 0.2) is 23.6 Å². The summed E-state index contributed by atoms with van der Waals surface area (Å²) < 4.78 is 0. The molecule has 3 heterocycles. The minimum atomic E-state index is 0.131. The molecule has 4 nitrogen and oxygen atoms in total. The third-order valence-electron chi connectivity index (χ3n) is 5.23. The number of aryl methyl sites for hydroxylation is 1. The van der Waals surface area contributed by atoms with E-state index in [1.54, 1.807) is 18.3 Å². The van der Waals surface area contributed by atoms with Gasteiger partial charge in [-0.25, -0.2) is 4.98 Å². The summed E-state index contributed by atoms with van der Waals surface area (Å²) in [7, 11) is 0. The second-order valence-electron chi connectivity index (χ2n) is 7.08. The molecule has 0 aliphatic carbocycles. The molecule has 132 valence electrons. The molecule has 1 saturated heterocycles. The van der Waals surface area contributed by atoms with Crippen LogP contribution in [0.4, 0.5) is 5.69 Å². The number of anilines is 1. The fourth-order valence-corrected chi connectivity index (χ4v) is 4.75. The van der Waals surface area contributed by atoms with Crippen molar-refractivity contribution in [3.05, 3.63) is 34.2 Å². The van der Waals surface area contributed by atoms with Gasteiger partial charge in [-0.2, -0.15) is 0 Å². The second kappa shape index (κ2) is 7.26. The zero-order valence-electron chi connectivity index (χ0n) is 14.8. The first-order chi connectivity index (χ1) is 12.2. The number of nitrogens with zero attached hydrogens (tertiary/aromatic N) is 3. The van der Waals surface area contributed by atoms with Crippen molar-refractivity contribution in [1.82, 2.24) is 9.88 Å². The molecule has 0 radical (unpaired) electrons. The Morgan fingerprint density at radius 2 is 2.00 bits per heavy atom. The van der Waals surface area contributed by atoms with Crippen molar-refractivity contribution in [1.29, 1.82) is 0 Å². The number of carbonyl (C=O) groups is 1. The minimum Gasteiger partial charge on any atom is -0.312 e. The SMILES string of the molecule is CC(=O)N1CCCc2cc(-c3csc(CN4CCCCC4)n3)ccc21. The number of rotatable bonds is 3. The van der Waals surface area contributed by atoms with E-state index < -0.39 is 0 Å². The van der Waals surface area contributed by atoms with Gasteiger partial charge in [0, 0.05) is 30.1 Å². The molecule has 1 fully saturated rings. The van der Waals surface area contributed by atoms with Gasteiger partial charge in [0.25, 0.3) is 0 Å². The zero-order valence-corrected chi connectivity index (χ0v) is 15.6. The van der Waals surface area contributed by atoms with Crippen LogP contribution in [0.2, 0.25) is 0 Å².